The fourth-order valence-electron chi connectivity index (χ4n) is 2.37. The molecule has 0 radical (unpaired) electrons. The number of aliphatic carboxylic acids is 1. The van der Waals surface area contributed by atoms with Crippen LogP contribution in [0, 0.1) is 17.2 Å². The highest BCUT2D eigenvalue weighted by Crippen LogP contribution is 2.10. The molecule has 1 N–H and O–H groups in total. The highest BCUT2D eigenvalue weighted by Gasteiger charge is 2.29. The number of carbonyl (C=O) groups excluding carboxylic acids is 1. The molecule has 0 aromatic rings. The molecule has 0 spiro atoms. The predicted molar refractivity (Wildman–Crippen MR) is 77.7 cm³/mol. The van der Waals surface area contributed by atoms with Gasteiger partial charge in [-0.05, 0) is 20.8 Å². The van der Waals surface area contributed by atoms with Crippen LogP contribution in [-0.4, -0.2) is 77.1 Å². The minimum Gasteiger partial charge on any atom is -0.480 e. The molecule has 7 nitrogen and oxygen atoms in total. The first-order valence-electron chi connectivity index (χ1n) is 7.31. The van der Waals surface area contributed by atoms with Crippen molar-refractivity contribution in [1.29, 1.82) is 5.26 Å². The van der Waals surface area contributed by atoms with Crippen molar-refractivity contribution in [3.63, 3.8) is 0 Å². The van der Waals surface area contributed by atoms with Gasteiger partial charge in [-0.1, -0.05) is 0 Å². The molecule has 2 atom stereocenters. The van der Waals surface area contributed by atoms with Crippen molar-refractivity contribution in [2.24, 2.45) is 5.92 Å². The summed E-state index contributed by atoms with van der Waals surface area (Å²) in [5, 5.41) is 17.9. The van der Waals surface area contributed by atoms with Crippen LogP contribution >= 0.6 is 0 Å². The van der Waals surface area contributed by atoms with Crippen LogP contribution in [0.1, 0.15) is 20.8 Å². The van der Waals surface area contributed by atoms with Crippen molar-refractivity contribution < 1.29 is 14.7 Å². The van der Waals surface area contributed by atoms with Crippen molar-refractivity contribution in [2.45, 2.75) is 26.8 Å². The second-order valence-corrected chi connectivity index (χ2v) is 5.39. The highest BCUT2D eigenvalue weighted by molar-refractivity contribution is 5.75. The largest absolute Gasteiger partial charge is 0.480 e. The molecule has 1 aliphatic heterocycles. The average molecular weight is 296 g/mol. The third-order valence-electron chi connectivity index (χ3n) is 3.86. The fraction of sp³-hybridized carbons (Fsp3) is 0.786. The summed E-state index contributed by atoms with van der Waals surface area (Å²) in [6, 6.07) is 1.54. The van der Waals surface area contributed by atoms with E-state index in [1.54, 1.807) is 23.6 Å². The Bertz CT molecular complexity index is 413. The van der Waals surface area contributed by atoms with Crippen molar-refractivity contribution >= 4 is 12.0 Å². The molecule has 0 bridgehead atoms. The molecule has 0 aromatic carbocycles. The van der Waals surface area contributed by atoms with Gasteiger partial charge < -0.3 is 14.9 Å². The highest BCUT2D eigenvalue weighted by atomic mass is 16.4. The summed E-state index contributed by atoms with van der Waals surface area (Å²) in [6.45, 7) is 8.50. The topological polar surface area (TPSA) is 87.9 Å². The Balaban J connectivity index is 2.54. The van der Waals surface area contributed by atoms with Gasteiger partial charge in [0, 0.05) is 39.3 Å². The van der Waals surface area contributed by atoms with E-state index in [0.29, 0.717) is 39.3 Å². The molecule has 1 rings (SSSR count). The van der Waals surface area contributed by atoms with E-state index < -0.39 is 12.0 Å². The normalized spacial score (nSPS) is 18.7. The summed E-state index contributed by atoms with van der Waals surface area (Å²) in [6.07, 6.45) is 0. The SMILES string of the molecule is CCN(CC(C)C#N)C(=O)N1CCN(C(C)C(=O)O)CC1. The van der Waals surface area contributed by atoms with E-state index in [0.717, 1.165) is 0 Å². The van der Waals surface area contributed by atoms with Crippen LogP contribution in [0.5, 0.6) is 0 Å². The van der Waals surface area contributed by atoms with Gasteiger partial charge in [-0.3, -0.25) is 9.69 Å². The number of piperazine rings is 1. The predicted octanol–water partition coefficient (Wildman–Crippen LogP) is 0.679. The molecule has 1 fully saturated rings. The van der Waals surface area contributed by atoms with Gasteiger partial charge in [0.2, 0.25) is 0 Å². The number of nitriles is 1. The molecule has 2 unspecified atom stereocenters. The molecule has 0 aromatic heterocycles. The number of urea groups is 1. The Morgan fingerprint density at radius 1 is 1.29 bits per heavy atom. The summed E-state index contributed by atoms with van der Waals surface area (Å²) >= 11 is 0. The molecule has 21 heavy (non-hydrogen) atoms. The number of carbonyl (C=O) groups is 2. The van der Waals surface area contributed by atoms with Crippen LogP contribution in [0.2, 0.25) is 0 Å². The zero-order valence-electron chi connectivity index (χ0n) is 12.9. The van der Waals surface area contributed by atoms with E-state index >= 15 is 0 Å². The van der Waals surface area contributed by atoms with Gasteiger partial charge in [0.05, 0.1) is 12.0 Å². The van der Waals surface area contributed by atoms with Gasteiger partial charge in [0.15, 0.2) is 0 Å². The van der Waals surface area contributed by atoms with Crippen LogP contribution in [0.25, 0.3) is 0 Å². The monoisotopic (exact) mass is 296 g/mol. The maximum absolute atomic E-state index is 12.4. The molecule has 0 aliphatic carbocycles. The van der Waals surface area contributed by atoms with Gasteiger partial charge in [-0.15, -0.1) is 0 Å². The van der Waals surface area contributed by atoms with E-state index in [1.165, 1.54) is 0 Å². The summed E-state index contributed by atoms with van der Waals surface area (Å²) < 4.78 is 0. The Morgan fingerprint density at radius 3 is 2.29 bits per heavy atom. The second-order valence-electron chi connectivity index (χ2n) is 5.39. The number of rotatable bonds is 5. The molecule has 7 heteroatoms. The fourth-order valence-corrected chi connectivity index (χ4v) is 2.37. The first-order valence-corrected chi connectivity index (χ1v) is 7.31. The minimum atomic E-state index is -0.840. The second kappa shape index (κ2) is 7.84. The molecule has 1 aliphatic rings. The summed E-state index contributed by atoms with van der Waals surface area (Å²) in [5.41, 5.74) is 0. The quantitative estimate of drug-likeness (QED) is 0.806. The van der Waals surface area contributed by atoms with E-state index in [-0.39, 0.29) is 11.9 Å². The van der Waals surface area contributed by atoms with Crippen molar-refractivity contribution in [3.05, 3.63) is 0 Å². The zero-order chi connectivity index (χ0) is 16.0. The molecular formula is C14H24N4O3. The first-order chi connectivity index (χ1) is 9.90. The maximum Gasteiger partial charge on any atom is 0.320 e. The lowest BCUT2D eigenvalue weighted by atomic mass is 10.2. The number of hydrogen-bond acceptors (Lipinski definition) is 4. The van der Waals surface area contributed by atoms with Crippen molar-refractivity contribution in [1.82, 2.24) is 14.7 Å². The zero-order valence-corrected chi connectivity index (χ0v) is 12.9. The Morgan fingerprint density at radius 2 is 1.86 bits per heavy atom. The van der Waals surface area contributed by atoms with Crippen molar-refractivity contribution in [3.8, 4) is 6.07 Å². The lowest BCUT2D eigenvalue weighted by Crippen LogP contribution is -2.56. The van der Waals surface area contributed by atoms with Crippen LogP contribution in [0.15, 0.2) is 0 Å². The number of amides is 2. The minimum absolute atomic E-state index is 0.0674. The number of carboxylic acid groups (broad SMARTS) is 1. The first kappa shape index (κ1) is 17.2. The van der Waals surface area contributed by atoms with Gasteiger partial charge in [-0.2, -0.15) is 5.26 Å². The Hall–Kier alpha value is -1.81. The Labute approximate surface area is 125 Å². The lowest BCUT2D eigenvalue weighted by molar-refractivity contribution is -0.143. The maximum atomic E-state index is 12.4. The van der Waals surface area contributed by atoms with E-state index in [4.69, 9.17) is 10.4 Å². The van der Waals surface area contributed by atoms with Crippen LogP contribution in [0.4, 0.5) is 4.79 Å². The van der Waals surface area contributed by atoms with E-state index in [9.17, 15) is 9.59 Å². The average Bonchev–Trinajstić information content (AvgIpc) is 2.50. The number of hydrogen-bond donors (Lipinski definition) is 1. The number of carboxylic acids is 1. The molecule has 1 saturated heterocycles. The summed E-state index contributed by atoms with van der Waals surface area (Å²) in [5.74, 6) is -1.03. The third kappa shape index (κ3) is 4.60. The summed E-state index contributed by atoms with van der Waals surface area (Å²) in [7, 11) is 0. The molecule has 2 amide bonds. The van der Waals surface area contributed by atoms with Crippen LogP contribution in [0.3, 0.4) is 0 Å². The molecular weight excluding hydrogens is 272 g/mol. The molecule has 118 valence electrons. The van der Waals surface area contributed by atoms with Crippen LogP contribution in [-0.2, 0) is 4.79 Å². The van der Waals surface area contributed by atoms with Crippen molar-refractivity contribution in [2.75, 3.05) is 39.3 Å². The summed E-state index contributed by atoms with van der Waals surface area (Å²) in [4.78, 5) is 28.6. The Kier molecular flexibility index (Phi) is 6.43. The van der Waals surface area contributed by atoms with E-state index in [1.807, 2.05) is 11.8 Å². The van der Waals surface area contributed by atoms with Crippen LogP contribution < -0.4 is 0 Å². The van der Waals surface area contributed by atoms with Gasteiger partial charge in [-0.25, -0.2) is 4.79 Å². The van der Waals surface area contributed by atoms with Gasteiger partial charge >= 0.3 is 12.0 Å². The lowest BCUT2D eigenvalue weighted by Gasteiger charge is -2.38. The smallest absolute Gasteiger partial charge is 0.320 e. The number of nitrogens with zero attached hydrogens (tertiary/aromatic N) is 4. The van der Waals surface area contributed by atoms with Gasteiger partial charge in [0.25, 0.3) is 0 Å². The third-order valence-corrected chi connectivity index (χ3v) is 3.86. The van der Waals surface area contributed by atoms with E-state index in [2.05, 4.69) is 6.07 Å². The molecule has 0 saturated carbocycles. The van der Waals surface area contributed by atoms with Gasteiger partial charge in [0.1, 0.15) is 6.04 Å². The molecule has 1 heterocycles. The standard InChI is InChI=1S/C14H24N4O3/c1-4-16(10-11(2)9-15)14(21)18-7-5-17(6-8-18)12(3)13(19)20/h11-12H,4-8,10H2,1-3H3,(H,19,20).